The first-order valence-electron chi connectivity index (χ1n) is 10.1. The van der Waals surface area contributed by atoms with Crippen molar-refractivity contribution in [1.82, 2.24) is 10.6 Å². The van der Waals surface area contributed by atoms with Crippen LogP contribution in [0.15, 0.2) is 47.4 Å². The Morgan fingerprint density at radius 1 is 1.17 bits per heavy atom. The predicted octanol–water partition coefficient (Wildman–Crippen LogP) is 1.73. The minimum atomic E-state index is -5.11. The SMILES string of the molecule is COC(=O)C1(NC(=O)c2ccccc2S(=O)(=O)Nc2ccc(F)cc2C(F)(F)F)CCN[C@@H]1C(=O)O. The van der Waals surface area contributed by atoms with Gasteiger partial charge in [-0.1, -0.05) is 12.1 Å². The largest absolute Gasteiger partial charge is 0.480 e. The number of carbonyl (C=O) groups excluding carboxylic acids is 2. The van der Waals surface area contributed by atoms with Gasteiger partial charge in [-0.15, -0.1) is 0 Å². The summed E-state index contributed by atoms with van der Waals surface area (Å²) < 4.78 is 85.8. The summed E-state index contributed by atoms with van der Waals surface area (Å²) in [5, 5.41) is 14.3. The van der Waals surface area contributed by atoms with Crippen LogP contribution in [0.5, 0.6) is 0 Å². The highest BCUT2D eigenvalue weighted by Gasteiger charge is 2.55. The number of esters is 1. The van der Waals surface area contributed by atoms with Gasteiger partial charge in [0.05, 0.1) is 23.9 Å². The molecule has 194 valence electrons. The third kappa shape index (κ3) is 5.11. The molecule has 0 aliphatic carbocycles. The van der Waals surface area contributed by atoms with Crippen LogP contribution in [0.3, 0.4) is 0 Å². The smallest absolute Gasteiger partial charge is 0.418 e. The van der Waals surface area contributed by atoms with E-state index >= 15 is 0 Å². The molecule has 2 aromatic carbocycles. The lowest BCUT2D eigenvalue weighted by Crippen LogP contribution is -2.64. The molecule has 0 aromatic heterocycles. The lowest BCUT2D eigenvalue weighted by atomic mass is 9.89. The molecule has 1 aliphatic heterocycles. The molecule has 0 spiro atoms. The molecule has 15 heteroatoms. The van der Waals surface area contributed by atoms with Crippen LogP contribution in [0.2, 0.25) is 0 Å². The Morgan fingerprint density at radius 2 is 1.83 bits per heavy atom. The quantitative estimate of drug-likeness (QED) is 0.310. The van der Waals surface area contributed by atoms with E-state index in [1.165, 1.54) is 12.1 Å². The van der Waals surface area contributed by atoms with E-state index in [0.717, 1.165) is 19.2 Å². The maximum Gasteiger partial charge on any atom is 0.418 e. The van der Waals surface area contributed by atoms with Gasteiger partial charge in [-0.2, -0.15) is 13.2 Å². The molecule has 10 nitrogen and oxygen atoms in total. The number of methoxy groups -OCH3 is 1. The number of aliphatic carboxylic acids is 1. The predicted molar refractivity (Wildman–Crippen MR) is 115 cm³/mol. The maximum absolute atomic E-state index is 13.4. The fourth-order valence-electron chi connectivity index (χ4n) is 3.82. The van der Waals surface area contributed by atoms with Gasteiger partial charge in [-0.25, -0.2) is 17.6 Å². The van der Waals surface area contributed by atoms with E-state index in [0.29, 0.717) is 12.1 Å². The first-order chi connectivity index (χ1) is 16.7. The topological polar surface area (TPSA) is 151 Å². The number of anilines is 1. The monoisotopic (exact) mass is 533 g/mol. The van der Waals surface area contributed by atoms with Crippen molar-refractivity contribution in [3.05, 3.63) is 59.4 Å². The second kappa shape index (κ2) is 9.73. The second-order valence-electron chi connectivity index (χ2n) is 7.68. The van der Waals surface area contributed by atoms with Crippen molar-refractivity contribution in [2.45, 2.75) is 29.1 Å². The number of nitrogens with one attached hydrogen (secondary N) is 3. The average molecular weight is 533 g/mol. The molecule has 4 N–H and O–H groups in total. The zero-order valence-electron chi connectivity index (χ0n) is 18.3. The van der Waals surface area contributed by atoms with Gasteiger partial charge in [0.25, 0.3) is 15.9 Å². The van der Waals surface area contributed by atoms with Crippen LogP contribution in [0.25, 0.3) is 0 Å². The summed E-state index contributed by atoms with van der Waals surface area (Å²) in [5.74, 6) is -5.05. The van der Waals surface area contributed by atoms with E-state index in [4.69, 9.17) is 0 Å². The summed E-state index contributed by atoms with van der Waals surface area (Å²) in [5.41, 5.74) is -5.28. The molecule has 1 fully saturated rings. The van der Waals surface area contributed by atoms with Gasteiger partial charge in [-0.3, -0.25) is 14.3 Å². The number of amides is 1. The Kier molecular flexibility index (Phi) is 7.27. The molecule has 1 amide bonds. The van der Waals surface area contributed by atoms with Gasteiger partial charge in [0.2, 0.25) is 0 Å². The van der Waals surface area contributed by atoms with Crippen molar-refractivity contribution in [3.8, 4) is 0 Å². The Morgan fingerprint density at radius 3 is 2.44 bits per heavy atom. The van der Waals surface area contributed by atoms with E-state index in [-0.39, 0.29) is 19.0 Å². The molecule has 1 aliphatic rings. The van der Waals surface area contributed by atoms with E-state index < -0.39 is 73.2 Å². The number of rotatable bonds is 7. The van der Waals surface area contributed by atoms with E-state index in [1.54, 1.807) is 4.72 Å². The summed E-state index contributed by atoms with van der Waals surface area (Å²) in [7, 11) is -3.91. The summed E-state index contributed by atoms with van der Waals surface area (Å²) >= 11 is 0. The van der Waals surface area contributed by atoms with Crippen molar-refractivity contribution < 1.29 is 50.2 Å². The molecule has 0 radical (unpaired) electrons. The zero-order chi connectivity index (χ0) is 26.9. The van der Waals surface area contributed by atoms with Crippen LogP contribution in [0.4, 0.5) is 23.2 Å². The molecular formula is C21H19F4N3O7S. The first-order valence-corrected chi connectivity index (χ1v) is 11.6. The van der Waals surface area contributed by atoms with Crippen molar-refractivity contribution in [3.63, 3.8) is 0 Å². The number of alkyl halides is 3. The number of halogens is 4. The van der Waals surface area contributed by atoms with Gasteiger partial charge in [-0.05, 0) is 43.3 Å². The van der Waals surface area contributed by atoms with E-state index in [9.17, 15) is 45.5 Å². The van der Waals surface area contributed by atoms with E-state index in [2.05, 4.69) is 15.4 Å². The number of carbonyl (C=O) groups is 3. The molecule has 0 bridgehead atoms. The number of carboxylic acid groups (broad SMARTS) is 1. The minimum Gasteiger partial charge on any atom is -0.480 e. The number of hydrogen-bond acceptors (Lipinski definition) is 7. The molecule has 1 unspecified atom stereocenters. The van der Waals surface area contributed by atoms with Crippen LogP contribution in [0.1, 0.15) is 22.3 Å². The van der Waals surface area contributed by atoms with Crippen LogP contribution in [0, 0.1) is 5.82 Å². The van der Waals surface area contributed by atoms with Gasteiger partial charge < -0.3 is 20.5 Å². The lowest BCUT2D eigenvalue weighted by Gasteiger charge is -2.31. The van der Waals surface area contributed by atoms with Gasteiger partial charge >= 0.3 is 18.1 Å². The fraction of sp³-hybridized carbons (Fsp3) is 0.286. The normalized spacial score (nSPS) is 20.0. The van der Waals surface area contributed by atoms with Crippen molar-refractivity contribution >= 4 is 33.6 Å². The van der Waals surface area contributed by atoms with E-state index in [1.807, 2.05) is 0 Å². The van der Waals surface area contributed by atoms with Crippen molar-refractivity contribution in [2.24, 2.45) is 0 Å². The summed E-state index contributed by atoms with van der Waals surface area (Å²) in [4.78, 5) is 36.5. The molecule has 1 heterocycles. The van der Waals surface area contributed by atoms with Crippen LogP contribution < -0.4 is 15.4 Å². The summed E-state index contributed by atoms with van der Waals surface area (Å²) in [6.45, 7) is -0.00136. The van der Waals surface area contributed by atoms with Gasteiger partial charge in [0.15, 0.2) is 5.54 Å². The molecule has 1 saturated heterocycles. The Hall–Kier alpha value is -3.72. The molecule has 0 saturated carbocycles. The highest BCUT2D eigenvalue weighted by atomic mass is 32.2. The van der Waals surface area contributed by atoms with Gasteiger partial charge in [0.1, 0.15) is 16.8 Å². The third-order valence-electron chi connectivity index (χ3n) is 5.45. The van der Waals surface area contributed by atoms with Crippen molar-refractivity contribution in [2.75, 3.05) is 18.4 Å². The molecule has 3 rings (SSSR count). The number of hydrogen-bond donors (Lipinski definition) is 4. The van der Waals surface area contributed by atoms with Crippen LogP contribution in [-0.4, -0.2) is 56.6 Å². The maximum atomic E-state index is 13.4. The van der Waals surface area contributed by atoms with Gasteiger partial charge in [0, 0.05) is 0 Å². The summed E-state index contributed by atoms with van der Waals surface area (Å²) in [6, 6.07) is 4.06. The lowest BCUT2D eigenvalue weighted by molar-refractivity contribution is -0.154. The molecular weight excluding hydrogens is 514 g/mol. The molecule has 2 aromatic rings. The standard InChI is InChI=1S/C21H19F4N3O7S/c1-35-19(32)20(8-9-26-16(20)18(30)31)27-17(29)12-4-2-3-5-15(12)36(33,34)28-14-7-6-11(22)10-13(14)21(23,24)25/h2-7,10,16,26,28H,8-9H2,1H3,(H,27,29)(H,30,31)/t16-,20?/m1/s1. The minimum absolute atomic E-state index is 0.00136. The average Bonchev–Trinajstić information content (AvgIpc) is 3.23. The molecule has 2 atom stereocenters. The Bertz CT molecular complexity index is 1320. The fourth-order valence-corrected chi connectivity index (χ4v) is 5.10. The number of carboxylic acids is 1. The first kappa shape index (κ1) is 26.9. The third-order valence-corrected chi connectivity index (χ3v) is 6.87. The number of benzene rings is 2. The van der Waals surface area contributed by atoms with Crippen LogP contribution >= 0.6 is 0 Å². The second-order valence-corrected chi connectivity index (χ2v) is 9.33. The van der Waals surface area contributed by atoms with Crippen LogP contribution in [-0.2, 0) is 30.5 Å². The number of sulfonamides is 1. The number of ether oxygens (including phenoxy) is 1. The Balaban J connectivity index is 2.02. The molecule has 36 heavy (non-hydrogen) atoms. The zero-order valence-corrected chi connectivity index (χ0v) is 19.2. The highest BCUT2D eigenvalue weighted by Crippen LogP contribution is 2.36. The highest BCUT2D eigenvalue weighted by molar-refractivity contribution is 7.92. The summed E-state index contributed by atoms with van der Waals surface area (Å²) in [6.07, 6.45) is -5.31. The Labute approximate surface area is 201 Å². The van der Waals surface area contributed by atoms with Crippen molar-refractivity contribution in [1.29, 1.82) is 0 Å².